The van der Waals surface area contributed by atoms with E-state index in [-0.39, 0.29) is 17.5 Å². The maximum absolute atomic E-state index is 12.9. The van der Waals surface area contributed by atoms with Crippen LogP contribution in [-0.2, 0) is 17.1 Å². The molecule has 1 saturated heterocycles. The largest absolute Gasteiger partial charge is 0.337 e. The fourth-order valence-corrected chi connectivity index (χ4v) is 4.90. The molecule has 146 valence electrons. The second-order valence-corrected chi connectivity index (χ2v) is 9.05. The number of carbonyl (C=O) groups is 1. The smallest absolute Gasteiger partial charge is 0.262 e. The van der Waals surface area contributed by atoms with Crippen LogP contribution < -0.4 is 0 Å². The summed E-state index contributed by atoms with van der Waals surface area (Å²) in [6.45, 7) is 7.27. The van der Waals surface area contributed by atoms with Crippen molar-refractivity contribution in [1.29, 1.82) is 0 Å². The Morgan fingerprint density at radius 2 is 1.67 bits per heavy atom. The van der Waals surface area contributed by atoms with Gasteiger partial charge in [-0.15, -0.1) is 0 Å². The zero-order valence-corrected chi connectivity index (χ0v) is 17.1. The van der Waals surface area contributed by atoms with Crippen molar-refractivity contribution in [2.45, 2.75) is 32.2 Å². The Kier molecular flexibility index (Phi) is 5.39. The number of rotatable bonds is 3. The first-order chi connectivity index (χ1) is 12.7. The molecule has 0 saturated carbocycles. The quantitative estimate of drug-likeness (QED) is 0.802. The third-order valence-electron chi connectivity index (χ3n) is 4.90. The van der Waals surface area contributed by atoms with E-state index in [0.29, 0.717) is 37.4 Å². The van der Waals surface area contributed by atoms with Crippen LogP contribution in [0.4, 0.5) is 0 Å². The molecule has 0 atom stereocenters. The lowest BCUT2D eigenvalue weighted by atomic mass is 10.1. The van der Waals surface area contributed by atoms with Crippen LogP contribution in [0, 0.1) is 20.8 Å². The molecule has 0 spiro atoms. The lowest BCUT2D eigenvalue weighted by molar-refractivity contribution is 0.0764. The van der Waals surface area contributed by atoms with Gasteiger partial charge >= 0.3 is 0 Å². The number of benzene rings is 1. The summed E-state index contributed by atoms with van der Waals surface area (Å²) in [5, 5.41) is 0.0663. The molecule has 0 bridgehead atoms. The molecule has 7 nitrogen and oxygen atoms in total. The van der Waals surface area contributed by atoms with Crippen LogP contribution in [0.1, 0.15) is 33.7 Å². The van der Waals surface area contributed by atoms with Gasteiger partial charge in [0.1, 0.15) is 5.82 Å². The topological polar surface area (TPSA) is 75.5 Å². The predicted molar refractivity (Wildman–Crippen MR) is 103 cm³/mol. The maximum Gasteiger partial charge on any atom is 0.262 e. The molecule has 27 heavy (non-hydrogen) atoms. The third kappa shape index (κ3) is 4.06. The highest BCUT2D eigenvalue weighted by molar-refractivity contribution is 7.89. The fraction of sp³-hybridized carbons (Fsp3) is 0.474. The average molecular weight is 391 g/mol. The van der Waals surface area contributed by atoms with Crippen LogP contribution >= 0.6 is 0 Å². The Hall–Kier alpha value is -2.19. The monoisotopic (exact) mass is 390 g/mol. The summed E-state index contributed by atoms with van der Waals surface area (Å²) in [6.07, 6.45) is 2.13. The van der Waals surface area contributed by atoms with Gasteiger partial charge in [-0.3, -0.25) is 4.79 Å². The van der Waals surface area contributed by atoms with E-state index in [1.165, 1.54) is 10.5 Å². The first-order valence-corrected chi connectivity index (χ1v) is 10.5. The Morgan fingerprint density at radius 3 is 2.26 bits per heavy atom. The SMILES string of the molecule is Cc1cc(C)cc(C(=O)N2CCCN(S(=O)(=O)c3cn(C)c(C)n3)CC2)c1. The highest BCUT2D eigenvalue weighted by Crippen LogP contribution is 2.18. The van der Waals surface area contributed by atoms with Crippen molar-refractivity contribution in [2.75, 3.05) is 26.2 Å². The molecule has 0 aliphatic carbocycles. The van der Waals surface area contributed by atoms with E-state index in [1.807, 2.05) is 32.0 Å². The summed E-state index contributed by atoms with van der Waals surface area (Å²) in [7, 11) is -1.88. The second-order valence-electron chi connectivity index (χ2n) is 7.16. The summed E-state index contributed by atoms with van der Waals surface area (Å²) >= 11 is 0. The molecular weight excluding hydrogens is 364 g/mol. The number of hydrogen-bond acceptors (Lipinski definition) is 4. The van der Waals surface area contributed by atoms with Crippen LogP contribution in [-0.4, -0.2) is 59.3 Å². The normalized spacial score (nSPS) is 16.4. The van der Waals surface area contributed by atoms with E-state index in [4.69, 9.17) is 0 Å². The Labute approximate surface area is 160 Å². The molecule has 0 radical (unpaired) electrons. The van der Waals surface area contributed by atoms with Crippen molar-refractivity contribution in [3.05, 3.63) is 46.9 Å². The van der Waals surface area contributed by atoms with E-state index < -0.39 is 10.0 Å². The van der Waals surface area contributed by atoms with Crippen LogP contribution in [0.5, 0.6) is 0 Å². The van der Waals surface area contributed by atoms with Gasteiger partial charge in [0.2, 0.25) is 0 Å². The van der Waals surface area contributed by atoms with Gasteiger partial charge in [-0.2, -0.15) is 4.31 Å². The van der Waals surface area contributed by atoms with Gasteiger partial charge in [0.05, 0.1) is 0 Å². The summed E-state index contributed by atoms with van der Waals surface area (Å²) in [5.74, 6) is 0.602. The van der Waals surface area contributed by atoms with Gasteiger partial charge in [0, 0.05) is 45.0 Å². The predicted octanol–water partition coefficient (Wildman–Crippen LogP) is 1.88. The number of aromatic nitrogens is 2. The zero-order chi connectivity index (χ0) is 19.8. The van der Waals surface area contributed by atoms with Gasteiger partial charge in [0.15, 0.2) is 5.03 Å². The Bertz CT molecular complexity index is 926. The maximum atomic E-state index is 12.9. The van der Waals surface area contributed by atoms with E-state index in [2.05, 4.69) is 4.98 Å². The van der Waals surface area contributed by atoms with Gasteiger partial charge in [-0.1, -0.05) is 17.2 Å². The van der Waals surface area contributed by atoms with Crippen LogP contribution in [0.2, 0.25) is 0 Å². The van der Waals surface area contributed by atoms with Crippen molar-refractivity contribution < 1.29 is 13.2 Å². The number of imidazole rings is 1. The van der Waals surface area contributed by atoms with Crippen molar-refractivity contribution in [3.8, 4) is 0 Å². The van der Waals surface area contributed by atoms with Crippen LogP contribution in [0.15, 0.2) is 29.4 Å². The summed E-state index contributed by atoms with van der Waals surface area (Å²) in [6, 6.07) is 5.79. The molecule has 0 N–H and O–H groups in total. The minimum absolute atomic E-state index is 0.0465. The molecule has 3 rings (SSSR count). The minimum atomic E-state index is -3.65. The van der Waals surface area contributed by atoms with E-state index >= 15 is 0 Å². The average Bonchev–Trinajstić information content (AvgIpc) is 2.81. The molecule has 8 heteroatoms. The number of carbonyl (C=O) groups excluding carboxylic acids is 1. The van der Waals surface area contributed by atoms with Crippen molar-refractivity contribution in [2.24, 2.45) is 7.05 Å². The first-order valence-electron chi connectivity index (χ1n) is 9.06. The molecule has 2 aromatic rings. The number of amides is 1. The Balaban J connectivity index is 1.76. The van der Waals surface area contributed by atoms with Crippen molar-refractivity contribution >= 4 is 15.9 Å². The molecule has 1 aromatic carbocycles. The lowest BCUT2D eigenvalue weighted by Gasteiger charge is -2.22. The first kappa shape index (κ1) is 19.6. The highest BCUT2D eigenvalue weighted by Gasteiger charge is 2.30. The van der Waals surface area contributed by atoms with Crippen molar-refractivity contribution in [1.82, 2.24) is 18.8 Å². The fourth-order valence-electron chi connectivity index (χ4n) is 3.40. The number of aryl methyl sites for hydroxylation is 4. The second kappa shape index (κ2) is 7.44. The zero-order valence-electron chi connectivity index (χ0n) is 16.3. The van der Waals surface area contributed by atoms with Gasteiger partial charge in [0.25, 0.3) is 15.9 Å². The summed E-state index contributed by atoms with van der Waals surface area (Å²) < 4.78 is 28.9. The summed E-state index contributed by atoms with van der Waals surface area (Å²) in [5.41, 5.74) is 2.75. The van der Waals surface area contributed by atoms with E-state index in [9.17, 15) is 13.2 Å². The molecule has 1 amide bonds. The van der Waals surface area contributed by atoms with Crippen LogP contribution in [0.25, 0.3) is 0 Å². The molecule has 2 heterocycles. The Morgan fingerprint density at radius 1 is 1.00 bits per heavy atom. The highest BCUT2D eigenvalue weighted by atomic mass is 32.2. The molecule has 1 aliphatic heterocycles. The van der Waals surface area contributed by atoms with Gasteiger partial charge < -0.3 is 9.47 Å². The minimum Gasteiger partial charge on any atom is -0.337 e. The molecule has 1 aromatic heterocycles. The van der Waals surface area contributed by atoms with Gasteiger partial charge in [-0.05, 0) is 39.3 Å². The number of sulfonamides is 1. The van der Waals surface area contributed by atoms with E-state index in [0.717, 1.165) is 11.1 Å². The lowest BCUT2D eigenvalue weighted by Crippen LogP contribution is -2.37. The number of hydrogen-bond donors (Lipinski definition) is 0. The standard InChI is InChI=1S/C19H26N4O3S/c1-14-10-15(2)12-17(11-14)19(24)22-6-5-7-23(9-8-22)27(25,26)18-13-21(4)16(3)20-18/h10-13H,5-9H2,1-4H3. The molecule has 0 unspecified atom stereocenters. The molecule has 1 aliphatic rings. The van der Waals surface area contributed by atoms with Gasteiger partial charge in [-0.25, -0.2) is 13.4 Å². The van der Waals surface area contributed by atoms with Crippen molar-refractivity contribution in [3.63, 3.8) is 0 Å². The summed E-state index contributed by atoms with van der Waals surface area (Å²) in [4.78, 5) is 18.8. The molecule has 1 fully saturated rings. The number of nitrogens with zero attached hydrogens (tertiary/aromatic N) is 4. The third-order valence-corrected chi connectivity index (χ3v) is 6.67. The van der Waals surface area contributed by atoms with E-state index in [1.54, 1.807) is 23.4 Å². The van der Waals surface area contributed by atoms with Crippen LogP contribution in [0.3, 0.4) is 0 Å². The molecular formula is C19H26N4O3S.